The third kappa shape index (κ3) is 2.22. The summed E-state index contributed by atoms with van der Waals surface area (Å²) in [4.78, 5) is 36.5. The Bertz CT molecular complexity index is 270. The molecule has 14 heavy (non-hydrogen) atoms. The van der Waals surface area contributed by atoms with Gasteiger partial charge in [0.25, 0.3) is 11.8 Å². The summed E-state index contributed by atoms with van der Waals surface area (Å²) in [7, 11) is 0. The normalized spacial score (nSPS) is 17.6. The quantitative estimate of drug-likeness (QED) is 0.300. The van der Waals surface area contributed by atoms with Crippen molar-refractivity contribution in [3.63, 3.8) is 0 Å². The highest BCUT2D eigenvalue weighted by Gasteiger charge is 2.25. The van der Waals surface area contributed by atoms with E-state index in [0.29, 0.717) is 11.3 Å². The standard InChI is InChI=1S/C7H8N2O5/c10-3-5(4-11)8-14-9-6(12)1-2-7(9)13/h1-3,5,8,11H,4H2/t5-/m1/s1. The highest BCUT2D eigenvalue weighted by atomic mass is 16.8. The van der Waals surface area contributed by atoms with E-state index >= 15 is 0 Å². The Hall–Kier alpha value is -1.57. The van der Waals surface area contributed by atoms with E-state index < -0.39 is 24.5 Å². The van der Waals surface area contributed by atoms with Crippen molar-refractivity contribution in [2.24, 2.45) is 0 Å². The van der Waals surface area contributed by atoms with Gasteiger partial charge in [0.1, 0.15) is 12.3 Å². The number of amides is 2. The number of rotatable bonds is 5. The number of nitrogens with one attached hydrogen (secondary N) is 1. The molecule has 1 heterocycles. The third-order valence-corrected chi connectivity index (χ3v) is 1.43. The van der Waals surface area contributed by atoms with Crippen molar-refractivity contribution in [3.05, 3.63) is 12.2 Å². The Morgan fingerprint density at radius 3 is 2.50 bits per heavy atom. The predicted molar refractivity (Wildman–Crippen MR) is 42.2 cm³/mol. The zero-order valence-electron chi connectivity index (χ0n) is 7.04. The van der Waals surface area contributed by atoms with E-state index in [-0.39, 0.29) is 0 Å². The Balaban J connectivity index is 2.42. The summed E-state index contributed by atoms with van der Waals surface area (Å²) in [5, 5.41) is 8.99. The number of carbonyl (C=O) groups is 3. The van der Waals surface area contributed by atoms with Crippen LogP contribution in [0.3, 0.4) is 0 Å². The zero-order chi connectivity index (χ0) is 10.6. The summed E-state index contributed by atoms with van der Waals surface area (Å²) in [5.41, 5.74) is 2.05. The Morgan fingerprint density at radius 1 is 1.50 bits per heavy atom. The second-order valence-electron chi connectivity index (χ2n) is 2.44. The highest BCUT2D eigenvalue weighted by Crippen LogP contribution is 2.02. The number of hydrogen-bond acceptors (Lipinski definition) is 6. The average molecular weight is 200 g/mol. The van der Waals surface area contributed by atoms with Crippen molar-refractivity contribution < 1.29 is 24.4 Å². The van der Waals surface area contributed by atoms with Gasteiger partial charge in [-0.25, -0.2) is 0 Å². The van der Waals surface area contributed by atoms with Crippen molar-refractivity contribution in [1.82, 2.24) is 10.5 Å². The number of aliphatic hydroxyl groups is 1. The van der Waals surface area contributed by atoms with Crippen LogP contribution < -0.4 is 5.48 Å². The predicted octanol–water partition coefficient (Wildman–Crippen LogP) is -2.09. The van der Waals surface area contributed by atoms with Gasteiger partial charge in [-0.2, -0.15) is 10.4 Å². The van der Waals surface area contributed by atoms with E-state index in [4.69, 9.17) is 5.11 Å². The lowest BCUT2D eigenvalue weighted by Crippen LogP contribution is -2.42. The van der Waals surface area contributed by atoms with E-state index in [2.05, 4.69) is 4.94 Å². The molecule has 0 aromatic heterocycles. The minimum Gasteiger partial charge on any atom is -0.394 e. The molecule has 1 rings (SSSR count). The smallest absolute Gasteiger partial charge is 0.279 e. The molecule has 1 aliphatic heterocycles. The van der Waals surface area contributed by atoms with E-state index in [1.807, 2.05) is 5.48 Å². The molecule has 2 N–H and O–H groups in total. The number of nitrogens with zero attached hydrogens (tertiary/aromatic N) is 1. The molecule has 7 nitrogen and oxygen atoms in total. The topological polar surface area (TPSA) is 95.9 Å². The van der Waals surface area contributed by atoms with Crippen LogP contribution >= 0.6 is 0 Å². The van der Waals surface area contributed by atoms with Gasteiger partial charge in [0.05, 0.1) is 6.61 Å². The van der Waals surface area contributed by atoms with Crippen molar-refractivity contribution in [2.45, 2.75) is 6.04 Å². The first kappa shape index (κ1) is 10.5. The van der Waals surface area contributed by atoms with Gasteiger partial charge < -0.3 is 9.90 Å². The Labute approximate surface area is 78.8 Å². The maximum absolute atomic E-state index is 10.9. The monoisotopic (exact) mass is 200 g/mol. The molecular weight excluding hydrogens is 192 g/mol. The van der Waals surface area contributed by atoms with Crippen LogP contribution in [0.5, 0.6) is 0 Å². The van der Waals surface area contributed by atoms with Crippen molar-refractivity contribution in [3.8, 4) is 0 Å². The van der Waals surface area contributed by atoms with E-state index in [9.17, 15) is 14.4 Å². The summed E-state index contributed by atoms with van der Waals surface area (Å²) in [6.07, 6.45) is 2.44. The molecule has 0 unspecified atom stereocenters. The maximum Gasteiger partial charge on any atom is 0.279 e. The number of hydrogen-bond donors (Lipinski definition) is 2. The average Bonchev–Trinajstić information content (AvgIpc) is 2.50. The van der Waals surface area contributed by atoms with E-state index in [1.54, 1.807) is 0 Å². The zero-order valence-corrected chi connectivity index (χ0v) is 7.04. The molecule has 0 fully saturated rings. The van der Waals surface area contributed by atoms with E-state index in [0.717, 1.165) is 12.2 Å². The van der Waals surface area contributed by atoms with Crippen LogP contribution in [0.1, 0.15) is 0 Å². The molecule has 1 aliphatic rings. The second kappa shape index (κ2) is 4.61. The summed E-state index contributed by atoms with van der Waals surface area (Å²) < 4.78 is 0. The van der Waals surface area contributed by atoms with Crippen LogP contribution in [-0.2, 0) is 19.3 Å². The number of carbonyl (C=O) groups excluding carboxylic acids is 3. The minimum atomic E-state index is -0.976. The van der Waals surface area contributed by atoms with Gasteiger partial charge in [0.15, 0.2) is 0 Å². The fourth-order valence-electron chi connectivity index (χ4n) is 0.705. The molecule has 0 saturated heterocycles. The van der Waals surface area contributed by atoms with Gasteiger partial charge in [-0.05, 0) is 0 Å². The summed E-state index contributed by atoms with van der Waals surface area (Å²) in [5.74, 6) is -1.30. The number of imide groups is 1. The third-order valence-electron chi connectivity index (χ3n) is 1.43. The van der Waals surface area contributed by atoms with Gasteiger partial charge in [0.2, 0.25) is 0 Å². The highest BCUT2D eigenvalue weighted by molar-refractivity contribution is 6.11. The first-order valence-corrected chi connectivity index (χ1v) is 3.74. The van der Waals surface area contributed by atoms with Gasteiger partial charge >= 0.3 is 0 Å². The van der Waals surface area contributed by atoms with Crippen LogP contribution in [0.2, 0.25) is 0 Å². The lowest BCUT2D eigenvalue weighted by molar-refractivity contribution is -0.212. The van der Waals surface area contributed by atoms with Gasteiger partial charge in [-0.1, -0.05) is 0 Å². The lowest BCUT2D eigenvalue weighted by atomic mass is 10.4. The molecule has 0 aromatic rings. The van der Waals surface area contributed by atoms with E-state index in [1.165, 1.54) is 0 Å². The molecule has 0 saturated carbocycles. The van der Waals surface area contributed by atoms with Crippen LogP contribution in [-0.4, -0.2) is 40.9 Å². The molecule has 76 valence electrons. The van der Waals surface area contributed by atoms with Gasteiger partial charge in [-0.15, -0.1) is 5.06 Å². The van der Waals surface area contributed by atoms with Crippen LogP contribution in [0.25, 0.3) is 0 Å². The summed E-state index contributed by atoms with van der Waals surface area (Å²) >= 11 is 0. The van der Waals surface area contributed by atoms with Gasteiger partial charge in [-0.3, -0.25) is 9.59 Å². The first-order valence-electron chi connectivity index (χ1n) is 3.74. The van der Waals surface area contributed by atoms with Crippen LogP contribution in [0, 0.1) is 0 Å². The number of hydroxylamine groups is 3. The summed E-state index contributed by atoms with van der Waals surface area (Å²) in [6.45, 7) is -0.493. The van der Waals surface area contributed by atoms with Crippen molar-refractivity contribution in [1.29, 1.82) is 0 Å². The molecule has 0 aromatic carbocycles. The fourth-order valence-corrected chi connectivity index (χ4v) is 0.705. The Morgan fingerprint density at radius 2 is 2.07 bits per heavy atom. The minimum absolute atomic E-state index is 0.387. The van der Waals surface area contributed by atoms with Crippen LogP contribution in [0.15, 0.2) is 12.2 Å². The Kier molecular flexibility index (Phi) is 3.46. The molecule has 0 spiro atoms. The molecule has 0 bridgehead atoms. The molecule has 0 radical (unpaired) electrons. The second-order valence-corrected chi connectivity index (χ2v) is 2.44. The van der Waals surface area contributed by atoms with Crippen molar-refractivity contribution >= 4 is 18.1 Å². The summed E-state index contributed by atoms with van der Waals surface area (Å²) in [6, 6.07) is -0.976. The number of aliphatic hydroxyl groups excluding tert-OH is 1. The van der Waals surface area contributed by atoms with Gasteiger partial charge in [0, 0.05) is 12.2 Å². The molecular formula is C7H8N2O5. The maximum atomic E-state index is 10.9. The molecule has 0 aliphatic carbocycles. The molecule has 7 heteroatoms. The van der Waals surface area contributed by atoms with Crippen LogP contribution in [0.4, 0.5) is 0 Å². The largest absolute Gasteiger partial charge is 0.394 e. The molecule has 2 amide bonds. The first-order chi connectivity index (χ1) is 6.69. The lowest BCUT2D eigenvalue weighted by Gasteiger charge is -2.15. The number of aldehydes is 1. The SMILES string of the molecule is O=C[C@H](CO)NON1C(=O)C=CC1=O. The fraction of sp³-hybridized carbons (Fsp3) is 0.286. The van der Waals surface area contributed by atoms with Crippen molar-refractivity contribution in [2.75, 3.05) is 6.61 Å². The molecule has 1 atom stereocenters.